The molecular formula is C25H26O9P+. The molecule has 0 bridgehead atoms. The minimum Gasteiger partial charge on any atom is -0.468 e. The van der Waals surface area contributed by atoms with Crippen LogP contribution in [0.5, 0.6) is 0 Å². The van der Waals surface area contributed by atoms with Crippen LogP contribution in [0.1, 0.15) is 49.5 Å². The lowest BCUT2D eigenvalue weighted by atomic mass is 9.69. The van der Waals surface area contributed by atoms with E-state index in [0.717, 1.165) is 14.2 Å². The molecule has 0 heterocycles. The number of carbonyl (C=O) groups excluding carboxylic acids is 4. The Morgan fingerprint density at radius 1 is 0.886 bits per heavy atom. The zero-order chi connectivity index (χ0) is 25.9. The summed E-state index contributed by atoms with van der Waals surface area (Å²) in [5.74, 6) is -3.25. The Hall–Kier alpha value is -3.58. The molecule has 2 aromatic rings. The maximum atomic E-state index is 13.8. The average Bonchev–Trinajstić information content (AvgIpc) is 2.90. The zero-order valence-electron chi connectivity index (χ0n) is 20.1. The number of methoxy groups -OCH3 is 4. The third-order valence-electron chi connectivity index (χ3n) is 6.37. The molecule has 9 nitrogen and oxygen atoms in total. The fourth-order valence-corrected chi connectivity index (χ4v) is 6.40. The maximum absolute atomic E-state index is 13.8. The summed E-state index contributed by atoms with van der Waals surface area (Å²) in [6.45, 7) is 1.58. The zero-order valence-corrected chi connectivity index (χ0v) is 21.0. The van der Waals surface area contributed by atoms with Gasteiger partial charge < -0.3 is 18.9 Å². The van der Waals surface area contributed by atoms with E-state index in [4.69, 9.17) is 18.9 Å². The molecule has 10 heteroatoms. The summed E-state index contributed by atoms with van der Waals surface area (Å²) in [4.78, 5) is 51.3. The van der Waals surface area contributed by atoms with Gasteiger partial charge in [0, 0.05) is 18.4 Å². The summed E-state index contributed by atoms with van der Waals surface area (Å²) in [6, 6.07) is 10.0. The van der Waals surface area contributed by atoms with Gasteiger partial charge >= 0.3 is 31.7 Å². The molecule has 1 aliphatic rings. The van der Waals surface area contributed by atoms with Crippen LogP contribution in [0.3, 0.4) is 0 Å². The van der Waals surface area contributed by atoms with Crippen molar-refractivity contribution >= 4 is 37.0 Å². The number of hydrogen-bond acceptors (Lipinski definition) is 9. The van der Waals surface area contributed by atoms with E-state index in [1.807, 2.05) is 0 Å². The van der Waals surface area contributed by atoms with Crippen molar-refractivity contribution in [2.45, 2.75) is 25.4 Å². The molecule has 0 radical (unpaired) electrons. The summed E-state index contributed by atoms with van der Waals surface area (Å²) in [7, 11) is 2.45. The van der Waals surface area contributed by atoms with Crippen molar-refractivity contribution in [3.05, 3.63) is 64.2 Å². The standard InChI is InChI=1S/C25H26O9P/c1-14-18-12-25(23(28)33-4,24(29)34-5)13-19(35(30)15-9-7-6-8-10-15)16(18)11-17(21(26)31-2)20(14)22(27)32-3/h6-11,19H,12-13H2,1-5H3/q+1. The highest BCUT2D eigenvalue weighted by Crippen LogP contribution is 2.55. The smallest absolute Gasteiger partial charge is 0.384 e. The predicted molar refractivity (Wildman–Crippen MR) is 125 cm³/mol. The molecule has 0 amide bonds. The lowest BCUT2D eigenvalue weighted by Gasteiger charge is -2.35. The first-order chi connectivity index (χ1) is 16.7. The molecule has 2 atom stereocenters. The van der Waals surface area contributed by atoms with Crippen LogP contribution in [0.4, 0.5) is 0 Å². The molecule has 0 aromatic heterocycles. The molecule has 1 aliphatic carbocycles. The highest BCUT2D eigenvalue weighted by Gasteiger charge is 2.58. The van der Waals surface area contributed by atoms with E-state index in [0.29, 0.717) is 22.0 Å². The van der Waals surface area contributed by atoms with Gasteiger partial charge in [-0.3, -0.25) is 9.59 Å². The van der Waals surface area contributed by atoms with Crippen molar-refractivity contribution in [3.8, 4) is 0 Å². The first kappa shape index (κ1) is 26.0. The molecule has 0 saturated carbocycles. The Kier molecular flexibility index (Phi) is 7.70. The fourth-order valence-electron chi connectivity index (χ4n) is 4.62. The molecule has 0 fully saturated rings. The van der Waals surface area contributed by atoms with Gasteiger partial charge in [0.1, 0.15) is 0 Å². The van der Waals surface area contributed by atoms with Crippen LogP contribution in [-0.2, 0) is 39.5 Å². The number of carbonyl (C=O) groups is 4. The Balaban J connectivity index is 2.39. The quantitative estimate of drug-likeness (QED) is 0.254. The van der Waals surface area contributed by atoms with Gasteiger partial charge in [0.05, 0.1) is 39.6 Å². The molecule has 2 aromatic carbocycles. The second-order valence-electron chi connectivity index (χ2n) is 8.10. The lowest BCUT2D eigenvalue weighted by Crippen LogP contribution is -2.47. The van der Waals surface area contributed by atoms with Crippen LogP contribution in [0.2, 0.25) is 0 Å². The van der Waals surface area contributed by atoms with Gasteiger partial charge in [-0.25, -0.2) is 9.59 Å². The van der Waals surface area contributed by atoms with E-state index in [-0.39, 0.29) is 24.0 Å². The molecule has 184 valence electrons. The van der Waals surface area contributed by atoms with E-state index in [9.17, 15) is 23.7 Å². The Bertz CT molecular complexity index is 1190. The maximum Gasteiger partial charge on any atom is 0.384 e. The molecule has 2 unspecified atom stereocenters. The summed E-state index contributed by atoms with van der Waals surface area (Å²) >= 11 is 0. The number of rotatable bonds is 6. The molecule has 0 saturated heterocycles. The van der Waals surface area contributed by atoms with E-state index >= 15 is 0 Å². The van der Waals surface area contributed by atoms with Gasteiger partial charge in [-0.15, -0.1) is 0 Å². The average molecular weight is 501 g/mol. The summed E-state index contributed by atoms with van der Waals surface area (Å²) < 4.78 is 33.6. The van der Waals surface area contributed by atoms with E-state index in [1.54, 1.807) is 37.3 Å². The van der Waals surface area contributed by atoms with Gasteiger partial charge in [0.25, 0.3) is 0 Å². The van der Waals surface area contributed by atoms with Crippen LogP contribution in [0.25, 0.3) is 0 Å². The first-order valence-corrected chi connectivity index (χ1v) is 12.0. The number of fused-ring (bicyclic) bond motifs is 1. The second-order valence-corrected chi connectivity index (χ2v) is 9.89. The number of benzene rings is 2. The summed E-state index contributed by atoms with van der Waals surface area (Å²) in [5.41, 5.74) is -1.58. The van der Waals surface area contributed by atoms with Crippen molar-refractivity contribution in [1.82, 2.24) is 0 Å². The molecule has 35 heavy (non-hydrogen) atoms. The minimum atomic E-state index is -2.21. The van der Waals surface area contributed by atoms with Crippen LogP contribution < -0.4 is 5.30 Å². The molecule has 0 N–H and O–H groups in total. The van der Waals surface area contributed by atoms with Crippen LogP contribution >= 0.6 is 7.80 Å². The monoisotopic (exact) mass is 501 g/mol. The van der Waals surface area contributed by atoms with Gasteiger partial charge in [0.15, 0.2) is 16.4 Å². The fraction of sp³-hybridized carbons (Fsp3) is 0.360. The third-order valence-corrected chi connectivity index (χ3v) is 8.20. The van der Waals surface area contributed by atoms with Crippen molar-refractivity contribution in [2.24, 2.45) is 5.41 Å². The van der Waals surface area contributed by atoms with Crippen molar-refractivity contribution < 1.29 is 42.7 Å². The lowest BCUT2D eigenvalue weighted by molar-refractivity contribution is -0.170. The van der Waals surface area contributed by atoms with E-state index in [1.165, 1.54) is 20.3 Å². The van der Waals surface area contributed by atoms with Gasteiger partial charge in [-0.2, -0.15) is 0 Å². The van der Waals surface area contributed by atoms with Crippen molar-refractivity contribution in [3.63, 3.8) is 0 Å². The van der Waals surface area contributed by atoms with Crippen LogP contribution in [0.15, 0.2) is 36.4 Å². The highest BCUT2D eigenvalue weighted by atomic mass is 31.1. The van der Waals surface area contributed by atoms with Crippen LogP contribution in [0, 0.1) is 12.3 Å². The van der Waals surface area contributed by atoms with Gasteiger partial charge in [0.2, 0.25) is 0 Å². The third kappa shape index (κ3) is 4.44. The molecular weight excluding hydrogens is 475 g/mol. The topological polar surface area (TPSA) is 122 Å². The largest absolute Gasteiger partial charge is 0.468 e. The number of hydrogen-bond donors (Lipinski definition) is 0. The minimum absolute atomic E-state index is 0.0549. The molecule has 0 aliphatic heterocycles. The Morgan fingerprint density at radius 3 is 1.97 bits per heavy atom. The Morgan fingerprint density at radius 2 is 1.46 bits per heavy atom. The van der Waals surface area contributed by atoms with Crippen molar-refractivity contribution in [1.29, 1.82) is 0 Å². The normalized spacial score (nSPS) is 16.4. The van der Waals surface area contributed by atoms with E-state index < -0.39 is 42.8 Å². The molecule has 3 rings (SSSR count). The summed E-state index contributed by atoms with van der Waals surface area (Å²) in [5, 5.41) is 0.498. The Labute approximate surface area is 203 Å². The first-order valence-electron chi connectivity index (χ1n) is 10.7. The highest BCUT2D eigenvalue weighted by molar-refractivity contribution is 7.53. The number of ether oxygens (including phenoxy) is 4. The van der Waals surface area contributed by atoms with E-state index in [2.05, 4.69) is 0 Å². The summed E-state index contributed by atoms with van der Waals surface area (Å²) in [6.07, 6.45) is -0.353. The predicted octanol–water partition coefficient (Wildman–Crippen LogP) is 3.04. The SMILES string of the molecule is COC(=O)c1cc2c(c(C)c1C(=O)OC)CC(C(=O)OC)(C(=O)OC)CC2[P+](=O)c1ccccc1. The number of esters is 4. The van der Waals surface area contributed by atoms with Crippen molar-refractivity contribution in [2.75, 3.05) is 28.4 Å². The van der Waals surface area contributed by atoms with Gasteiger partial charge in [-0.05, 0) is 36.2 Å². The van der Waals surface area contributed by atoms with Gasteiger partial charge in [-0.1, -0.05) is 22.8 Å². The molecule has 0 spiro atoms. The van der Waals surface area contributed by atoms with Crippen LogP contribution in [-0.4, -0.2) is 52.3 Å². The second kappa shape index (κ2) is 10.4.